The highest BCUT2D eigenvalue weighted by Gasteiger charge is 2.17. The van der Waals surface area contributed by atoms with Gasteiger partial charge < -0.3 is 13.9 Å². The number of hydrogen-bond donors (Lipinski definition) is 1. The maximum atomic E-state index is 12.1. The second-order valence-corrected chi connectivity index (χ2v) is 5.00. The summed E-state index contributed by atoms with van der Waals surface area (Å²) < 4.78 is 10.7. The number of aromatic nitrogens is 1. The molecule has 4 aromatic rings. The number of phenolic OH excluding ortho intramolecular Hbond substituents is 1. The zero-order chi connectivity index (χ0) is 15.4. The van der Waals surface area contributed by atoms with Crippen molar-refractivity contribution in [1.82, 2.24) is 4.98 Å². The molecule has 0 radical (unpaired) electrons. The molecule has 108 valence electrons. The fourth-order valence-corrected chi connectivity index (χ4v) is 2.67. The molecule has 0 bridgehead atoms. The number of rotatable bonds is 0. The summed E-state index contributed by atoms with van der Waals surface area (Å²) in [6.07, 6.45) is 2.91. The summed E-state index contributed by atoms with van der Waals surface area (Å²) in [5.74, 6) is 0.129. The van der Waals surface area contributed by atoms with E-state index in [1.807, 2.05) is 0 Å². The zero-order valence-corrected chi connectivity index (χ0v) is 11.4. The zero-order valence-electron chi connectivity index (χ0n) is 11.4. The van der Waals surface area contributed by atoms with Gasteiger partial charge in [0.05, 0.1) is 10.8 Å². The van der Waals surface area contributed by atoms with E-state index < -0.39 is 5.63 Å². The monoisotopic (exact) mass is 295 g/mol. The molecule has 3 aromatic heterocycles. The minimum atomic E-state index is -0.543. The van der Waals surface area contributed by atoms with E-state index in [1.165, 1.54) is 30.6 Å². The molecule has 0 atom stereocenters. The molecule has 1 aromatic carbocycles. The standard InChI is InChI=1S/C16H9NO5/c1-7-4-10(18)14-12(21-7)5-11-13(15(14)19)9-6-17-3-2-8(9)16(20)22-11/h2-6,19H,1H3. The lowest BCUT2D eigenvalue weighted by molar-refractivity contribution is 0.482. The molecule has 0 aliphatic heterocycles. The molecular formula is C16H9NO5. The van der Waals surface area contributed by atoms with Gasteiger partial charge in [0.15, 0.2) is 5.43 Å². The Morgan fingerprint density at radius 3 is 2.64 bits per heavy atom. The number of hydrogen-bond acceptors (Lipinski definition) is 6. The summed E-state index contributed by atoms with van der Waals surface area (Å²) in [7, 11) is 0. The van der Waals surface area contributed by atoms with Gasteiger partial charge >= 0.3 is 5.63 Å². The van der Waals surface area contributed by atoms with Crippen molar-refractivity contribution in [2.24, 2.45) is 0 Å². The topological polar surface area (TPSA) is 93.5 Å². The van der Waals surface area contributed by atoms with Crippen LogP contribution in [0.1, 0.15) is 5.76 Å². The van der Waals surface area contributed by atoms with Gasteiger partial charge in [0.2, 0.25) is 0 Å². The highest BCUT2D eigenvalue weighted by Crippen LogP contribution is 2.35. The van der Waals surface area contributed by atoms with Crippen LogP contribution in [0.2, 0.25) is 0 Å². The molecule has 0 amide bonds. The summed E-state index contributed by atoms with van der Waals surface area (Å²) in [5, 5.41) is 11.6. The average molecular weight is 295 g/mol. The summed E-state index contributed by atoms with van der Waals surface area (Å²) in [6.45, 7) is 1.63. The molecule has 0 fully saturated rings. The van der Waals surface area contributed by atoms with E-state index in [-0.39, 0.29) is 38.5 Å². The number of aromatic hydroxyl groups is 1. The van der Waals surface area contributed by atoms with Gasteiger partial charge in [-0.2, -0.15) is 0 Å². The normalized spacial score (nSPS) is 11.5. The van der Waals surface area contributed by atoms with Crippen molar-refractivity contribution in [3.8, 4) is 5.75 Å². The van der Waals surface area contributed by atoms with Crippen molar-refractivity contribution in [3.05, 3.63) is 57.0 Å². The molecule has 0 aliphatic carbocycles. The summed E-state index contributed by atoms with van der Waals surface area (Å²) >= 11 is 0. The van der Waals surface area contributed by atoms with Gasteiger partial charge in [0, 0.05) is 29.9 Å². The maximum absolute atomic E-state index is 12.1. The fraction of sp³-hybridized carbons (Fsp3) is 0.0625. The van der Waals surface area contributed by atoms with Gasteiger partial charge in [0.25, 0.3) is 0 Å². The Hall–Kier alpha value is -3.15. The predicted molar refractivity (Wildman–Crippen MR) is 80.2 cm³/mol. The molecule has 0 saturated carbocycles. The Bertz CT molecular complexity index is 1190. The van der Waals surface area contributed by atoms with Gasteiger partial charge in [-0.1, -0.05) is 0 Å². The summed E-state index contributed by atoms with van der Waals surface area (Å²) in [4.78, 5) is 28.1. The Balaban J connectivity index is 2.39. The van der Waals surface area contributed by atoms with Crippen LogP contribution in [0.15, 0.2) is 49.0 Å². The Morgan fingerprint density at radius 2 is 1.82 bits per heavy atom. The maximum Gasteiger partial charge on any atom is 0.344 e. The first-order valence-electron chi connectivity index (χ1n) is 6.53. The highest BCUT2D eigenvalue weighted by molar-refractivity contribution is 6.13. The van der Waals surface area contributed by atoms with Crippen LogP contribution in [0.5, 0.6) is 5.75 Å². The number of pyridine rings is 1. The van der Waals surface area contributed by atoms with E-state index in [0.717, 1.165) is 0 Å². The first-order valence-corrected chi connectivity index (χ1v) is 6.53. The van der Waals surface area contributed by atoms with Crippen LogP contribution >= 0.6 is 0 Å². The molecule has 4 rings (SSSR count). The van der Waals surface area contributed by atoms with Crippen molar-refractivity contribution in [2.75, 3.05) is 0 Å². The second-order valence-electron chi connectivity index (χ2n) is 5.00. The molecule has 0 unspecified atom stereocenters. The van der Waals surface area contributed by atoms with Crippen LogP contribution in [-0.2, 0) is 0 Å². The number of fused-ring (bicyclic) bond motifs is 4. The number of phenols is 1. The lowest BCUT2D eigenvalue weighted by Gasteiger charge is -2.07. The number of nitrogens with zero attached hydrogens (tertiary/aromatic N) is 1. The SMILES string of the molecule is Cc1cc(=O)c2c(O)c3c(cc2o1)oc(=O)c1ccncc13. The van der Waals surface area contributed by atoms with E-state index in [4.69, 9.17) is 8.83 Å². The Morgan fingerprint density at radius 1 is 1.05 bits per heavy atom. The third kappa shape index (κ3) is 1.57. The van der Waals surface area contributed by atoms with Gasteiger partial charge in [0.1, 0.15) is 28.1 Å². The molecule has 22 heavy (non-hydrogen) atoms. The largest absolute Gasteiger partial charge is 0.506 e. The van der Waals surface area contributed by atoms with Crippen LogP contribution in [0.25, 0.3) is 32.7 Å². The van der Waals surface area contributed by atoms with Crippen LogP contribution in [0, 0.1) is 6.92 Å². The van der Waals surface area contributed by atoms with Gasteiger partial charge in [-0.25, -0.2) is 4.79 Å². The molecule has 6 nitrogen and oxygen atoms in total. The van der Waals surface area contributed by atoms with Crippen LogP contribution in [0.4, 0.5) is 0 Å². The molecule has 0 saturated heterocycles. The van der Waals surface area contributed by atoms with Crippen LogP contribution in [-0.4, -0.2) is 10.1 Å². The minimum Gasteiger partial charge on any atom is -0.506 e. The molecular weight excluding hydrogens is 286 g/mol. The van der Waals surface area contributed by atoms with Crippen molar-refractivity contribution in [1.29, 1.82) is 0 Å². The Kier molecular flexibility index (Phi) is 2.39. The van der Waals surface area contributed by atoms with Gasteiger partial charge in [-0.3, -0.25) is 9.78 Å². The van der Waals surface area contributed by atoms with Crippen LogP contribution in [0.3, 0.4) is 0 Å². The summed E-state index contributed by atoms with van der Waals surface area (Å²) in [6, 6.07) is 4.24. The van der Waals surface area contributed by atoms with Gasteiger partial charge in [-0.05, 0) is 13.0 Å². The molecule has 6 heteroatoms. The fourth-order valence-electron chi connectivity index (χ4n) is 2.67. The number of aryl methyl sites for hydroxylation is 1. The first-order chi connectivity index (χ1) is 10.6. The quantitative estimate of drug-likeness (QED) is 0.304. The highest BCUT2D eigenvalue weighted by atomic mass is 16.4. The van der Waals surface area contributed by atoms with Crippen molar-refractivity contribution >= 4 is 32.7 Å². The molecule has 1 N–H and O–H groups in total. The average Bonchev–Trinajstić information content (AvgIpc) is 2.46. The smallest absolute Gasteiger partial charge is 0.344 e. The van der Waals surface area contributed by atoms with Crippen LogP contribution < -0.4 is 11.1 Å². The second kappa shape index (κ2) is 4.17. The lowest BCUT2D eigenvalue weighted by Crippen LogP contribution is -2.03. The number of benzene rings is 1. The van der Waals surface area contributed by atoms with E-state index in [1.54, 1.807) is 6.92 Å². The Labute approximate surface area is 122 Å². The van der Waals surface area contributed by atoms with Crippen molar-refractivity contribution < 1.29 is 13.9 Å². The molecule has 3 heterocycles. The summed E-state index contributed by atoms with van der Waals surface area (Å²) in [5.41, 5.74) is -0.592. The first kappa shape index (κ1) is 12.6. The lowest BCUT2D eigenvalue weighted by atomic mass is 10.1. The van der Waals surface area contributed by atoms with E-state index >= 15 is 0 Å². The van der Waals surface area contributed by atoms with Gasteiger partial charge in [-0.15, -0.1) is 0 Å². The third-order valence-electron chi connectivity index (χ3n) is 3.59. The van der Waals surface area contributed by atoms with Crippen molar-refractivity contribution in [2.45, 2.75) is 6.92 Å². The van der Waals surface area contributed by atoms with E-state index in [2.05, 4.69) is 4.98 Å². The predicted octanol–water partition coefficient (Wildman–Crippen LogP) is 2.46. The van der Waals surface area contributed by atoms with E-state index in [0.29, 0.717) is 11.1 Å². The van der Waals surface area contributed by atoms with Crippen molar-refractivity contribution in [3.63, 3.8) is 0 Å². The molecule has 0 spiro atoms. The minimum absolute atomic E-state index is 0.0529. The molecule has 0 aliphatic rings. The third-order valence-corrected chi connectivity index (χ3v) is 3.59. The van der Waals surface area contributed by atoms with E-state index in [9.17, 15) is 14.7 Å².